The molecule has 1 fully saturated rings. The summed E-state index contributed by atoms with van der Waals surface area (Å²) < 4.78 is 106. The van der Waals surface area contributed by atoms with Crippen LogP contribution in [0.3, 0.4) is 0 Å². The highest BCUT2D eigenvalue weighted by Gasteiger charge is 2.39. The van der Waals surface area contributed by atoms with Crippen molar-refractivity contribution in [2.75, 3.05) is 20.1 Å². The lowest BCUT2D eigenvalue weighted by Gasteiger charge is -2.39. The number of amides is 1. The number of likely N-dealkylation sites (N-methyl/N-ethyl adjacent to an activating group) is 1. The molecule has 0 saturated carbocycles. The molecule has 1 saturated heterocycles. The molecule has 1 amide bonds. The van der Waals surface area contributed by atoms with Crippen LogP contribution in [0, 0.1) is 11.6 Å². The zero-order valence-electron chi connectivity index (χ0n) is 17.0. The Morgan fingerprint density at radius 2 is 1.52 bits per heavy atom. The van der Waals surface area contributed by atoms with Gasteiger partial charge in [-0.1, -0.05) is 6.07 Å². The van der Waals surface area contributed by atoms with Gasteiger partial charge in [0, 0.05) is 31.1 Å². The maximum atomic E-state index is 13.7. The minimum absolute atomic E-state index is 0. The molecule has 2 unspecified atom stereocenters. The molecule has 2 aromatic rings. The summed E-state index contributed by atoms with van der Waals surface area (Å²) in [6.45, 7) is 0.669. The van der Waals surface area contributed by atoms with Crippen molar-refractivity contribution >= 4 is 18.3 Å². The van der Waals surface area contributed by atoms with E-state index in [4.69, 9.17) is 0 Å². The van der Waals surface area contributed by atoms with E-state index in [1.165, 1.54) is 13.1 Å². The van der Waals surface area contributed by atoms with Gasteiger partial charge in [0.2, 0.25) is 0 Å². The summed E-state index contributed by atoms with van der Waals surface area (Å²) in [5.74, 6) is -3.77. The van der Waals surface area contributed by atoms with E-state index in [9.17, 15) is 39.9 Å². The summed E-state index contributed by atoms with van der Waals surface area (Å²) in [5.41, 5.74) is -3.60. The van der Waals surface area contributed by atoms with E-state index < -0.39 is 58.5 Å². The molecule has 0 radical (unpaired) electrons. The first kappa shape index (κ1) is 26.8. The van der Waals surface area contributed by atoms with Crippen LogP contribution in [0.25, 0.3) is 0 Å². The zero-order chi connectivity index (χ0) is 23.8. The van der Waals surface area contributed by atoms with Crippen LogP contribution in [0.4, 0.5) is 35.1 Å². The monoisotopic (exact) mass is 502 g/mol. The quantitative estimate of drug-likeness (QED) is 0.551. The molecule has 2 atom stereocenters. The molecule has 1 N–H and O–H groups in total. The summed E-state index contributed by atoms with van der Waals surface area (Å²) in [6, 6.07) is 3.24. The minimum Gasteiger partial charge on any atom is -0.338 e. The predicted molar refractivity (Wildman–Crippen MR) is 106 cm³/mol. The number of hydrogen-bond acceptors (Lipinski definition) is 2. The van der Waals surface area contributed by atoms with Crippen LogP contribution < -0.4 is 5.32 Å². The first-order valence-electron chi connectivity index (χ1n) is 9.51. The number of benzene rings is 2. The maximum absolute atomic E-state index is 13.7. The van der Waals surface area contributed by atoms with Crippen molar-refractivity contribution in [3.8, 4) is 0 Å². The van der Waals surface area contributed by atoms with E-state index in [1.807, 2.05) is 0 Å². The highest BCUT2D eigenvalue weighted by atomic mass is 35.5. The first-order valence-corrected chi connectivity index (χ1v) is 9.51. The van der Waals surface area contributed by atoms with Crippen LogP contribution in [0.2, 0.25) is 0 Å². The van der Waals surface area contributed by atoms with Crippen molar-refractivity contribution in [2.24, 2.45) is 0 Å². The van der Waals surface area contributed by atoms with E-state index >= 15 is 0 Å². The lowest BCUT2D eigenvalue weighted by molar-refractivity contribution is -0.143. The van der Waals surface area contributed by atoms with Gasteiger partial charge in [-0.25, -0.2) is 8.78 Å². The average Bonchev–Trinajstić information content (AvgIpc) is 2.73. The molecule has 0 bridgehead atoms. The van der Waals surface area contributed by atoms with E-state index in [1.54, 1.807) is 0 Å². The minimum atomic E-state index is -5.09. The second kappa shape index (κ2) is 9.84. The summed E-state index contributed by atoms with van der Waals surface area (Å²) in [7, 11) is 1.26. The molecule has 1 heterocycles. The number of halogens is 9. The van der Waals surface area contributed by atoms with Crippen LogP contribution in [-0.4, -0.2) is 37.0 Å². The molecule has 0 spiro atoms. The number of carbonyl (C=O) groups excluding carboxylic acids is 1. The largest absolute Gasteiger partial charge is 0.416 e. The Morgan fingerprint density at radius 1 is 0.939 bits per heavy atom. The van der Waals surface area contributed by atoms with Crippen LogP contribution >= 0.6 is 12.4 Å². The van der Waals surface area contributed by atoms with E-state index in [0.29, 0.717) is 30.7 Å². The highest BCUT2D eigenvalue weighted by molar-refractivity contribution is 5.94. The van der Waals surface area contributed by atoms with Gasteiger partial charge in [-0.05, 0) is 48.9 Å². The standard InChI is InChI=1S/C21H18F8N2O.ClH/c1-31(18-4-5-30-10-15(18)11-2-3-16(22)17(23)8-11)19(32)12-6-13(20(24,25)26)9-14(7-12)21(27,28)29;/h2-3,6-9,15,18,30H,4-5,10H2,1H3;1H. The number of nitrogens with one attached hydrogen (secondary N) is 1. The Kier molecular flexibility index (Phi) is 8.01. The molecule has 1 aliphatic rings. The molecule has 3 rings (SSSR count). The highest BCUT2D eigenvalue weighted by Crippen LogP contribution is 2.37. The predicted octanol–water partition coefficient (Wildman–Crippen LogP) is 5.64. The van der Waals surface area contributed by atoms with Crippen LogP contribution in [0.1, 0.15) is 39.4 Å². The van der Waals surface area contributed by atoms with Gasteiger partial charge in [0.05, 0.1) is 11.1 Å². The van der Waals surface area contributed by atoms with Crippen LogP contribution in [-0.2, 0) is 12.4 Å². The fourth-order valence-corrected chi connectivity index (χ4v) is 3.82. The van der Waals surface area contributed by atoms with Gasteiger partial charge < -0.3 is 10.2 Å². The zero-order valence-corrected chi connectivity index (χ0v) is 17.8. The molecule has 1 aliphatic heterocycles. The van der Waals surface area contributed by atoms with Crippen molar-refractivity contribution in [2.45, 2.75) is 30.7 Å². The molecule has 3 nitrogen and oxygen atoms in total. The lowest BCUT2D eigenvalue weighted by atomic mass is 9.85. The fourth-order valence-electron chi connectivity index (χ4n) is 3.82. The number of carbonyl (C=O) groups is 1. The summed E-state index contributed by atoms with van der Waals surface area (Å²) >= 11 is 0. The Morgan fingerprint density at radius 3 is 2.03 bits per heavy atom. The van der Waals surface area contributed by atoms with Crippen molar-refractivity contribution in [1.29, 1.82) is 0 Å². The third-order valence-corrected chi connectivity index (χ3v) is 5.47. The lowest BCUT2D eigenvalue weighted by Crippen LogP contribution is -2.49. The van der Waals surface area contributed by atoms with Crippen molar-refractivity contribution in [1.82, 2.24) is 10.2 Å². The van der Waals surface area contributed by atoms with Gasteiger partial charge in [0.25, 0.3) is 5.91 Å². The fraction of sp³-hybridized carbons (Fsp3) is 0.381. The van der Waals surface area contributed by atoms with E-state index in [2.05, 4.69) is 5.32 Å². The number of rotatable bonds is 3. The topological polar surface area (TPSA) is 32.3 Å². The third-order valence-electron chi connectivity index (χ3n) is 5.47. The molecule has 12 heteroatoms. The van der Waals surface area contributed by atoms with Gasteiger partial charge in [0.1, 0.15) is 0 Å². The molecule has 182 valence electrons. The normalized spacial score (nSPS) is 19.1. The van der Waals surface area contributed by atoms with Crippen molar-refractivity contribution < 1.29 is 39.9 Å². The Balaban J connectivity index is 0.00000385. The summed E-state index contributed by atoms with van der Waals surface area (Å²) in [5, 5.41) is 3.04. The smallest absolute Gasteiger partial charge is 0.338 e. The molecule has 2 aromatic carbocycles. The Labute approximate surface area is 190 Å². The van der Waals surface area contributed by atoms with Gasteiger partial charge in [0.15, 0.2) is 11.6 Å². The maximum Gasteiger partial charge on any atom is 0.416 e. The Bertz CT molecular complexity index is 976. The summed E-state index contributed by atoms with van der Waals surface area (Å²) in [6.07, 6.45) is -9.87. The van der Waals surface area contributed by atoms with Gasteiger partial charge >= 0.3 is 12.4 Å². The Hall–Kier alpha value is -2.40. The molecule has 0 aliphatic carbocycles. The number of nitrogens with zero attached hydrogens (tertiary/aromatic N) is 1. The van der Waals surface area contributed by atoms with Gasteiger partial charge in [-0.3, -0.25) is 4.79 Å². The number of piperidine rings is 1. The van der Waals surface area contributed by atoms with Gasteiger partial charge in [-0.15, -0.1) is 12.4 Å². The SMILES string of the molecule is CN(C(=O)c1cc(C(F)(F)F)cc(C(F)(F)F)c1)C1CCNCC1c1ccc(F)c(F)c1.Cl. The second-order valence-electron chi connectivity index (χ2n) is 7.55. The third kappa shape index (κ3) is 5.94. The van der Waals surface area contributed by atoms with E-state index in [0.717, 1.165) is 17.0 Å². The second-order valence-corrected chi connectivity index (χ2v) is 7.55. The van der Waals surface area contributed by atoms with Crippen molar-refractivity contribution in [3.63, 3.8) is 0 Å². The molecular formula is C21H19ClF8N2O. The first-order chi connectivity index (χ1) is 14.8. The molecular weight excluding hydrogens is 484 g/mol. The average molecular weight is 503 g/mol. The van der Waals surface area contributed by atoms with Gasteiger partial charge in [-0.2, -0.15) is 26.3 Å². The van der Waals surface area contributed by atoms with Crippen LogP contribution in [0.15, 0.2) is 36.4 Å². The summed E-state index contributed by atoms with van der Waals surface area (Å²) in [4.78, 5) is 14.0. The molecule has 0 aromatic heterocycles. The number of hydrogen-bond donors (Lipinski definition) is 1. The van der Waals surface area contributed by atoms with E-state index in [-0.39, 0.29) is 25.0 Å². The van der Waals surface area contributed by atoms with Crippen LogP contribution in [0.5, 0.6) is 0 Å². The number of alkyl halides is 6. The molecule has 33 heavy (non-hydrogen) atoms. The van der Waals surface area contributed by atoms with Crippen molar-refractivity contribution in [3.05, 3.63) is 70.3 Å².